The fraction of sp³-hybridized carbons (Fsp3) is 0.833. The van der Waals surface area contributed by atoms with Crippen molar-refractivity contribution >= 4 is 12.0 Å². The Labute approximate surface area is 107 Å². The van der Waals surface area contributed by atoms with Crippen LogP contribution in [-0.2, 0) is 9.53 Å². The van der Waals surface area contributed by atoms with Crippen molar-refractivity contribution in [2.24, 2.45) is 11.8 Å². The van der Waals surface area contributed by atoms with E-state index in [0.717, 1.165) is 0 Å². The van der Waals surface area contributed by atoms with Gasteiger partial charge < -0.3 is 20.1 Å². The van der Waals surface area contributed by atoms with Crippen LogP contribution in [0.4, 0.5) is 4.79 Å². The predicted molar refractivity (Wildman–Crippen MR) is 66.3 cm³/mol. The summed E-state index contributed by atoms with van der Waals surface area (Å²) in [6.07, 6.45) is 0.507. The quantitative estimate of drug-likeness (QED) is 0.763. The monoisotopic (exact) mass is 258 g/mol. The van der Waals surface area contributed by atoms with Crippen LogP contribution in [-0.4, -0.2) is 54.9 Å². The van der Waals surface area contributed by atoms with E-state index in [0.29, 0.717) is 32.0 Å². The van der Waals surface area contributed by atoms with Gasteiger partial charge in [0.05, 0.1) is 12.0 Å². The van der Waals surface area contributed by atoms with Gasteiger partial charge in [0.2, 0.25) is 0 Å². The Morgan fingerprint density at radius 3 is 2.61 bits per heavy atom. The SMILES string of the molecule is COC(CNC(=O)N1CCC(C(=O)O)C1)C(C)C. The van der Waals surface area contributed by atoms with E-state index in [9.17, 15) is 9.59 Å². The van der Waals surface area contributed by atoms with Gasteiger partial charge in [-0.25, -0.2) is 4.79 Å². The number of nitrogens with zero attached hydrogens (tertiary/aromatic N) is 1. The molecule has 2 atom stereocenters. The van der Waals surface area contributed by atoms with Gasteiger partial charge >= 0.3 is 12.0 Å². The van der Waals surface area contributed by atoms with Gasteiger partial charge in [-0.2, -0.15) is 0 Å². The van der Waals surface area contributed by atoms with Crippen LogP contribution in [0.3, 0.4) is 0 Å². The highest BCUT2D eigenvalue weighted by Crippen LogP contribution is 2.16. The third-order valence-electron chi connectivity index (χ3n) is 3.33. The average molecular weight is 258 g/mol. The van der Waals surface area contributed by atoms with E-state index in [-0.39, 0.29) is 12.1 Å². The number of ether oxygens (including phenoxy) is 1. The number of carbonyl (C=O) groups is 2. The molecule has 1 aliphatic heterocycles. The van der Waals surface area contributed by atoms with Gasteiger partial charge in [-0.05, 0) is 12.3 Å². The van der Waals surface area contributed by atoms with Gasteiger partial charge in [0.15, 0.2) is 0 Å². The predicted octanol–water partition coefficient (Wildman–Crippen LogP) is 0.773. The summed E-state index contributed by atoms with van der Waals surface area (Å²) in [5.74, 6) is -0.943. The Balaban J connectivity index is 2.36. The Morgan fingerprint density at radius 2 is 2.17 bits per heavy atom. The lowest BCUT2D eigenvalue weighted by atomic mass is 10.1. The molecule has 0 radical (unpaired) electrons. The second-order valence-corrected chi connectivity index (χ2v) is 4.97. The van der Waals surface area contributed by atoms with Gasteiger partial charge in [0.25, 0.3) is 0 Å². The number of rotatable bonds is 5. The molecule has 0 aromatic carbocycles. The number of hydrogen-bond acceptors (Lipinski definition) is 3. The first-order chi connectivity index (χ1) is 8.45. The lowest BCUT2D eigenvalue weighted by Crippen LogP contribution is -2.43. The fourth-order valence-corrected chi connectivity index (χ4v) is 2.04. The molecule has 0 aromatic rings. The molecule has 6 nitrogen and oxygen atoms in total. The highest BCUT2D eigenvalue weighted by Gasteiger charge is 2.30. The summed E-state index contributed by atoms with van der Waals surface area (Å²) in [6.45, 7) is 5.29. The smallest absolute Gasteiger partial charge is 0.317 e. The molecule has 18 heavy (non-hydrogen) atoms. The molecule has 1 aliphatic rings. The first-order valence-electron chi connectivity index (χ1n) is 6.24. The van der Waals surface area contributed by atoms with Crippen LogP contribution < -0.4 is 5.32 Å². The normalized spacial score (nSPS) is 21.1. The maximum atomic E-state index is 11.8. The van der Waals surface area contributed by atoms with E-state index < -0.39 is 11.9 Å². The van der Waals surface area contributed by atoms with E-state index in [1.165, 1.54) is 0 Å². The topological polar surface area (TPSA) is 78.9 Å². The number of carbonyl (C=O) groups excluding carboxylic acids is 1. The van der Waals surface area contributed by atoms with Crippen molar-refractivity contribution in [1.29, 1.82) is 0 Å². The van der Waals surface area contributed by atoms with Crippen LogP contribution in [0.5, 0.6) is 0 Å². The van der Waals surface area contributed by atoms with E-state index >= 15 is 0 Å². The van der Waals surface area contributed by atoms with Crippen LogP contribution in [0.2, 0.25) is 0 Å². The van der Waals surface area contributed by atoms with E-state index in [1.807, 2.05) is 13.8 Å². The zero-order valence-electron chi connectivity index (χ0n) is 11.2. The maximum absolute atomic E-state index is 11.8. The van der Waals surface area contributed by atoms with Crippen molar-refractivity contribution in [3.63, 3.8) is 0 Å². The van der Waals surface area contributed by atoms with Gasteiger partial charge in [-0.3, -0.25) is 4.79 Å². The minimum absolute atomic E-state index is 0.0215. The molecule has 0 aliphatic carbocycles. The van der Waals surface area contributed by atoms with Crippen molar-refractivity contribution in [2.75, 3.05) is 26.7 Å². The van der Waals surface area contributed by atoms with Gasteiger partial charge in [0.1, 0.15) is 0 Å². The molecule has 2 amide bonds. The largest absolute Gasteiger partial charge is 0.481 e. The Hall–Kier alpha value is -1.30. The zero-order chi connectivity index (χ0) is 13.7. The van der Waals surface area contributed by atoms with Gasteiger partial charge in [-0.1, -0.05) is 13.8 Å². The van der Waals surface area contributed by atoms with Crippen LogP contribution in [0.15, 0.2) is 0 Å². The lowest BCUT2D eigenvalue weighted by Gasteiger charge is -2.22. The third kappa shape index (κ3) is 3.87. The van der Waals surface area contributed by atoms with Crippen LogP contribution in [0, 0.1) is 11.8 Å². The summed E-state index contributed by atoms with van der Waals surface area (Å²) in [4.78, 5) is 24.2. The molecule has 1 rings (SSSR count). The van der Waals surface area contributed by atoms with Crippen molar-refractivity contribution in [2.45, 2.75) is 26.4 Å². The average Bonchev–Trinajstić information content (AvgIpc) is 2.78. The summed E-state index contributed by atoms with van der Waals surface area (Å²) in [5.41, 5.74) is 0. The molecule has 2 unspecified atom stereocenters. The molecule has 6 heteroatoms. The van der Waals surface area contributed by atoms with Crippen molar-refractivity contribution in [3.8, 4) is 0 Å². The number of likely N-dealkylation sites (tertiary alicyclic amines) is 1. The minimum atomic E-state index is -0.831. The summed E-state index contributed by atoms with van der Waals surface area (Å²) in [6, 6.07) is -0.207. The van der Waals surface area contributed by atoms with Gasteiger partial charge in [-0.15, -0.1) is 0 Å². The number of carboxylic acids is 1. The minimum Gasteiger partial charge on any atom is -0.481 e. The molecule has 0 saturated carbocycles. The van der Waals surface area contributed by atoms with E-state index in [4.69, 9.17) is 9.84 Å². The number of hydrogen-bond donors (Lipinski definition) is 2. The number of amides is 2. The summed E-state index contributed by atoms with van der Waals surface area (Å²) in [7, 11) is 1.62. The summed E-state index contributed by atoms with van der Waals surface area (Å²) < 4.78 is 5.26. The molecule has 2 N–H and O–H groups in total. The number of nitrogens with one attached hydrogen (secondary N) is 1. The molecule has 0 aromatic heterocycles. The number of aliphatic carboxylic acids is 1. The zero-order valence-corrected chi connectivity index (χ0v) is 11.2. The third-order valence-corrected chi connectivity index (χ3v) is 3.33. The highest BCUT2D eigenvalue weighted by molar-refractivity contribution is 5.77. The molecule has 1 fully saturated rings. The summed E-state index contributed by atoms with van der Waals surface area (Å²) in [5, 5.41) is 11.6. The number of methoxy groups -OCH3 is 1. The number of urea groups is 1. The van der Waals surface area contributed by atoms with Crippen LogP contribution >= 0.6 is 0 Å². The molecular weight excluding hydrogens is 236 g/mol. The van der Waals surface area contributed by atoms with E-state index in [2.05, 4.69) is 5.32 Å². The fourth-order valence-electron chi connectivity index (χ4n) is 2.04. The molecule has 0 bridgehead atoms. The maximum Gasteiger partial charge on any atom is 0.317 e. The van der Waals surface area contributed by atoms with Gasteiger partial charge in [0, 0.05) is 26.7 Å². The first-order valence-corrected chi connectivity index (χ1v) is 6.24. The van der Waals surface area contributed by atoms with Crippen LogP contribution in [0.1, 0.15) is 20.3 Å². The van der Waals surface area contributed by atoms with Crippen molar-refractivity contribution in [3.05, 3.63) is 0 Å². The molecule has 0 spiro atoms. The molecule has 1 saturated heterocycles. The van der Waals surface area contributed by atoms with Crippen molar-refractivity contribution < 1.29 is 19.4 Å². The Morgan fingerprint density at radius 1 is 1.50 bits per heavy atom. The molecule has 104 valence electrons. The molecular formula is C12H22N2O4. The second kappa shape index (κ2) is 6.58. The lowest BCUT2D eigenvalue weighted by molar-refractivity contribution is -0.141. The highest BCUT2D eigenvalue weighted by atomic mass is 16.5. The standard InChI is InChI=1S/C12H22N2O4/c1-8(2)10(18-3)6-13-12(17)14-5-4-9(7-14)11(15)16/h8-10H,4-7H2,1-3H3,(H,13,17)(H,15,16). The second-order valence-electron chi connectivity index (χ2n) is 4.97. The summed E-state index contributed by atoms with van der Waals surface area (Å²) >= 11 is 0. The Bertz CT molecular complexity index is 306. The number of carboxylic acid groups (broad SMARTS) is 1. The molecule has 1 heterocycles. The Kier molecular flexibility index (Phi) is 5.40. The first kappa shape index (κ1) is 14.8. The van der Waals surface area contributed by atoms with E-state index in [1.54, 1.807) is 12.0 Å². The van der Waals surface area contributed by atoms with Crippen molar-refractivity contribution in [1.82, 2.24) is 10.2 Å². The van der Waals surface area contributed by atoms with Crippen LogP contribution in [0.25, 0.3) is 0 Å².